The summed E-state index contributed by atoms with van der Waals surface area (Å²) >= 11 is 0. The zero-order chi connectivity index (χ0) is 23.4. The third kappa shape index (κ3) is 3.09. The summed E-state index contributed by atoms with van der Waals surface area (Å²) in [6.45, 7) is 0. The lowest BCUT2D eigenvalue weighted by molar-refractivity contribution is 1.57. The molecule has 0 nitrogen and oxygen atoms in total. The van der Waals surface area contributed by atoms with Gasteiger partial charge in [-0.3, -0.25) is 0 Å². The van der Waals surface area contributed by atoms with Crippen molar-refractivity contribution in [2.45, 2.75) is 0 Å². The molecule has 1 aliphatic rings. The molecule has 0 aliphatic heterocycles. The topological polar surface area (TPSA) is 0 Å². The molecular formula is C34H23B. The van der Waals surface area contributed by atoms with Crippen molar-refractivity contribution in [3.8, 4) is 55.6 Å². The molecule has 35 heavy (non-hydrogen) atoms. The molecule has 6 aromatic rings. The molecular weight excluding hydrogens is 419 g/mol. The Balaban J connectivity index is 1.69. The molecule has 0 spiro atoms. The Hall–Kier alpha value is -4.36. The molecule has 1 aliphatic carbocycles. The number of benzene rings is 6. The van der Waals surface area contributed by atoms with Gasteiger partial charge in [-0.15, -0.1) is 0 Å². The Morgan fingerprint density at radius 1 is 0.371 bits per heavy atom. The van der Waals surface area contributed by atoms with E-state index in [1.165, 1.54) is 71.9 Å². The fourth-order valence-corrected chi connectivity index (χ4v) is 5.70. The fourth-order valence-electron chi connectivity index (χ4n) is 5.70. The van der Waals surface area contributed by atoms with Gasteiger partial charge in [0, 0.05) is 0 Å². The van der Waals surface area contributed by atoms with E-state index < -0.39 is 0 Å². The second-order valence-electron chi connectivity index (χ2n) is 9.40. The van der Waals surface area contributed by atoms with Gasteiger partial charge in [-0.1, -0.05) is 127 Å². The van der Waals surface area contributed by atoms with E-state index in [2.05, 4.69) is 135 Å². The van der Waals surface area contributed by atoms with Gasteiger partial charge in [0.2, 0.25) is 0 Å². The van der Waals surface area contributed by atoms with Crippen molar-refractivity contribution in [3.05, 3.63) is 127 Å². The zero-order valence-electron chi connectivity index (χ0n) is 19.6. The van der Waals surface area contributed by atoms with Crippen molar-refractivity contribution >= 4 is 24.1 Å². The summed E-state index contributed by atoms with van der Waals surface area (Å²) in [5, 5.41) is 2.66. The van der Waals surface area contributed by atoms with Gasteiger partial charge in [0.25, 0.3) is 0 Å². The van der Waals surface area contributed by atoms with E-state index in [-0.39, 0.29) is 0 Å². The summed E-state index contributed by atoms with van der Waals surface area (Å²) in [5.74, 6) is 0. The van der Waals surface area contributed by atoms with E-state index in [4.69, 9.17) is 0 Å². The van der Waals surface area contributed by atoms with Crippen molar-refractivity contribution in [1.29, 1.82) is 0 Å². The minimum Gasteiger partial charge on any atom is -0.0889 e. The first-order valence-electron chi connectivity index (χ1n) is 12.2. The van der Waals surface area contributed by atoms with Gasteiger partial charge >= 0.3 is 0 Å². The molecule has 0 unspecified atom stereocenters. The third-order valence-corrected chi connectivity index (χ3v) is 7.28. The Labute approximate surface area is 206 Å². The van der Waals surface area contributed by atoms with Crippen LogP contribution in [0.15, 0.2) is 127 Å². The molecule has 162 valence electrons. The Morgan fingerprint density at radius 3 is 1.57 bits per heavy atom. The van der Waals surface area contributed by atoms with Gasteiger partial charge in [0.05, 0.1) is 0 Å². The van der Waals surface area contributed by atoms with Gasteiger partial charge in [-0.2, -0.15) is 0 Å². The van der Waals surface area contributed by atoms with E-state index >= 15 is 0 Å². The van der Waals surface area contributed by atoms with Crippen LogP contribution in [-0.2, 0) is 0 Å². The summed E-state index contributed by atoms with van der Waals surface area (Å²) < 4.78 is 0. The van der Waals surface area contributed by atoms with Crippen LogP contribution in [0, 0.1) is 0 Å². The molecule has 0 saturated carbocycles. The van der Waals surface area contributed by atoms with Crippen LogP contribution in [-0.4, -0.2) is 7.85 Å². The van der Waals surface area contributed by atoms with E-state index in [1.54, 1.807) is 0 Å². The third-order valence-electron chi connectivity index (χ3n) is 7.28. The SMILES string of the molecule is Bc1ccc(-c2cc(-c3ccccc3)c3c(c2-c2ccccc2)-c2cccc4cccc-3c24)cc1. The lowest BCUT2D eigenvalue weighted by Gasteiger charge is -2.21. The predicted octanol–water partition coefficient (Wildman–Crippen LogP) is 7.75. The number of fused-ring (bicyclic) bond motifs is 3. The monoisotopic (exact) mass is 442 g/mol. The maximum Gasteiger partial charge on any atom is 0.139 e. The van der Waals surface area contributed by atoms with Gasteiger partial charge in [-0.05, 0) is 72.5 Å². The first-order chi connectivity index (χ1) is 17.3. The van der Waals surface area contributed by atoms with Crippen molar-refractivity contribution in [1.82, 2.24) is 0 Å². The second-order valence-corrected chi connectivity index (χ2v) is 9.40. The van der Waals surface area contributed by atoms with Crippen LogP contribution in [0.2, 0.25) is 0 Å². The molecule has 0 fully saturated rings. The zero-order valence-corrected chi connectivity index (χ0v) is 19.6. The molecule has 0 saturated heterocycles. The summed E-state index contributed by atoms with van der Waals surface area (Å²) in [7, 11) is 2.15. The fraction of sp³-hybridized carbons (Fsp3) is 0. The molecule has 0 amide bonds. The smallest absolute Gasteiger partial charge is 0.0889 e. The van der Waals surface area contributed by atoms with Crippen LogP contribution in [0.25, 0.3) is 66.4 Å². The molecule has 7 rings (SSSR count). The predicted molar refractivity (Wildman–Crippen MR) is 153 cm³/mol. The molecule has 0 atom stereocenters. The maximum atomic E-state index is 2.42. The van der Waals surface area contributed by atoms with Crippen molar-refractivity contribution < 1.29 is 0 Å². The lowest BCUT2D eigenvalue weighted by Crippen LogP contribution is -2.00. The van der Waals surface area contributed by atoms with Gasteiger partial charge in [-0.25, -0.2) is 0 Å². The number of rotatable bonds is 3. The Morgan fingerprint density at radius 2 is 0.914 bits per heavy atom. The summed E-state index contributed by atoms with van der Waals surface area (Å²) in [6, 6.07) is 46.6. The van der Waals surface area contributed by atoms with Crippen LogP contribution in [0.5, 0.6) is 0 Å². The standard InChI is InChI=1S/C34H23B/c35-26-19-17-23(18-20-26)29-21-30(22-9-3-1-4-10-22)33-27-15-7-13-24-14-8-16-28(31(24)27)34(33)32(29)25-11-5-2-6-12-25/h1-21H,35H2. The lowest BCUT2D eigenvalue weighted by atomic mass is 9.82. The summed E-state index contributed by atoms with van der Waals surface area (Å²) in [6.07, 6.45) is 0. The molecule has 1 heteroatoms. The summed E-state index contributed by atoms with van der Waals surface area (Å²) in [4.78, 5) is 0. The minimum absolute atomic E-state index is 1.25. The largest absolute Gasteiger partial charge is 0.139 e. The highest BCUT2D eigenvalue weighted by molar-refractivity contribution is 6.32. The molecule has 0 aromatic heterocycles. The first-order valence-corrected chi connectivity index (χ1v) is 12.2. The van der Waals surface area contributed by atoms with Crippen LogP contribution in [0.4, 0.5) is 0 Å². The van der Waals surface area contributed by atoms with E-state index in [0.717, 1.165) is 0 Å². The van der Waals surface area contributed by atoms with Crippen LogP contribution in [0.1, 0.15) is 0 Å². The molecule has 0 heterocycles. The van der Waals surface area contributed by atoms with Crippen LogP contribution >= 0.6 is 0 Å². The molecule has 0 N–H and O–H groups in total. The highest BCUT2D eigenvalue weighted by Crippen LogP contribution is 2.56. The van der Waals surface area contributed by atoms with E-state index in [0.29, 0.717) is 0 Å². The minimum atomic E-state index is 1.25. The molecule has 0 radical (unpaired) electrons. The van der Waals surface area contributed by atoms with E-state index in [1.807, 2.05) is 0 Å². The first kappa shape index (κ1) is 20.1. The normalized spacial score (nSPS) is 11.5. The number of hydrogen-bond donors (Lipinski definition) is 0. The second kappa shape index (κ2) is 7.86. The van der Waals surface area contributed by atoms with Gasteiger partial charge < -0.3 is 0 Å². The average Bonchev–Trinajstić information content (AvgIpc) is 3.26. The van der Waals surface area contributed by atoms with Crippen molar-refractivity contribution in [2.75, 3.05) is 0 Å². The Bertz CT molecular complexity index is 1710. The van der Waals surface area contributed by atoms with Crippen molar-refractivity contribution in [3.63, 3.8) is 0 Å². The Kier molecular flexibility index (Phi) is 4.50. The van der Waals surface area contributed by atoms with Crippen molar-refractivity contribution in [2.24, 2.45) is 0 Å². The van der Waals surface area contributed by atoms with E-state index in [9.17, 15) is 0 Å². The summed E-state index contributed by atoms with van der Waals surface area (Å²) in [5.41, 5.74) is 14.3. The highest BCUT2D eigenvalue weighted by atomic mass is 14.3. The number of hydrogen-bond acceptors (Lipinski definition) is 0. The van der Waals surface area contributed by atoms with Gasteiger partial charge in [0.1, 0.15) is 7.85 Å². The molecule has 6 aromatic carbocycles. The van der Waals surface area contributed by atoms with Crippen LogP contribution < -0.4 is 5.46 Å². The quantitative estimate of drug-likeness (QED) is 0.246. The maximum absolute atomic E-state index is 2.42. The molecule has 0 bridgehead atoms. The highest BCUT2D eigenvalue weighted by Gasteiger charge is 2.29. The van der Waals surface area contributed by atoms with Crippen LogP contribution in [0.3, 0.4) is 0 Å². The average molecular weight is 442 g/mol. The van der Waals surface area contributed by atoms with Gasteiger partial charge in [0.15, 0.2) is 0 Å².